The monoisotopic (exact) mass is 243 g/mol. The van der Waals surface area contributed by atoms with Crippen LogP contribution in [0.25, 0.3) is 0 Å². The summed E-state index contributed by atoms with van der Waals surface area (Å²) in [5.74, 6) is 1.83. The molecule has 1 aromatic carbocycles. The normalized spacial score (nSPS) is 17.1. The van der Waals surface area contributed by atoms with Crippen LogP contribution in [0.2, 0.25) is 0 Å². The molecule has 1 saturated carbocycles. The fraction of sp³-hybridized carbons (Fsp3) is 0.429. The number of benzene rings is 1. The minimum Gasteiger partial charge on any atom is -0.399 e. The van der Waals surface area contributed by atoms with Gasteiger partial charge in [0, 0.05) is 11.6 Å². The Morgan fingerprint density at radius 1 is 1.22 bits per heavy atom. The van der Waals surface area contributed by atoms with Crippen molar-refractivity contribution in [3.05, 3.63) is 41.5 Å². The smallest absolute Gasteiger partial charge is 0.237 e. The molecule has 1 aliphatic rings. The van der Waals surface area contributed by atoms with Crippen molar-refractivity contribution < 1.29 is 4.52 Å². The largest absolute Gasteiger partial charge is 0.399 e. The Hall–Kier alpha value is -1.84. The Kier molecular flexibility index (Phi) is 2.40. The van der Waals surface area contributed by atoms with Crippen molar-refractivity contribution in [3.63, 3.8) is 0 Å². The van der Waals surface area contributed by atoms with E-state index >= 15 is 0 Å². The molecule has 2 aromatic rings. The van der Waals surface area contributed by atoms with E-state index in [1.54, 1.807) is 0 Å². The van der Waals surface area contributed by atoms with Gasteiger partial charge in [-0.05, 0) is 30.5 Å². The van der Waals surface area contributed by atoms with Crippen molar-refractivity contribution in [2.75, 3.05) is 5.73 Å². The van der Waals surface area contributed by atoms with Gasteiger partial charge >= 0.3 is 0 Å². The van der Waals surface area contributed by atoms with Gasteiger partial charge in [-0.1, -0.05) is 31.1 Å². The highest BCUT2D eigenvalue weighted by Crippen LogP contribution is 2.52. The molecule has 0 saturated heterocycles. The molecule has 0 aliphatic heterocycles. The third kappa shape index (κ3) is 1.68. The molecule has 4 heteroatoms. The summed E-state index contributed by atoms with van der Waals surface area (Å²) in [6, 6.07) is 7.97. The topological polar surface area (TPSA) is 64.9 Å². The second kappa shape index (κ2) is 3.83. The highest BCUT2D eigenvalue weighted by Gasteiger charge is 2.50. The van der Waals surface area contributed by atoms with E-state index in [9.17, 15) is 0 Å². The third-order valence-electron chi connectivity index (χ3n) is 3.58. The first-order valence-electron chi connectivity index (χ1n) is 6.32. The average Bonchev–Trinajstić information content (AvgIpc) is 3.00. The van der Waals surface area contributed by atoms with Crippen LogP contribution in [-0.2, 0) is 5.41 Å². The lowest BCUT2D eigenvalue weighted by atomic mass is 9.95. The molecule has 0 atom stereocenters. The molecule has 1 aromatic heterocycles. The number of aromatic nitrogens is 2. The molecule has 0 radical (unpaired) electrons. The predicted molar refractivity (Wildman–Crippen MR) is 69.3 cm³/mol. The quantitative estimate of drug-likeness (QED) is 0.842. The van der Waals surface area contributed by atoms with E-state index in [1.165, 1.54) is 5.56 Å². The number of hydrogen-bond acceptors (Lipinski definition) is 4. The molecule has 0 amide bonds. The molecule has 3 rings (SSSR count). The van der Waals surface area contributed by atoms with E-state index in [1.807, 2.05) is 12.1 Å². The first-order chi connectivity index (χ1) is 8.62. The van der Waals surface area contributed by atoms with Gasteiger partial charge < -0.3 is 10.3 Å². The Morgan fingerprint density at radius 2 is 1.89 bits per heavy atom. The van der Waals surface area contributed by atoms with Crippen LogP contribution < -0.4 is 5.73 Å². The zero-order valence-corrected chi connectivity index (χ0v) is 10.7. The van der Waals surface area contributed by atoms with Crippen molar-refractivity contribution in [2.45, 2.75) is 38.0 Å². The first kappa shape index (κ1) is 11.3. The van der Waals surface area contributed by atoms with Gasteiger partial charge in [-0.2, -0.15) is 4.98 Å². The molecular formula is C14H17N3O. The zero-order valence-electron chi connectivity index (χ0n) is 10.7. The van der Waals surface area contributed by atoms with Crippen LogP contribution in [0.3, 0.4) is 0 Å². The predicted octanol–water partition coefficient (Wildman–Crippen LogP) is 2.86. The molecule has 18 heavy (non-hydrogen) atoms. The number of hydrogen-bond donors (Lipinski definition) is 1. The SMILES string of the molecule is CC(C)c1noc(C2(c3ccc(N)cc3)CC2)n1. The highest BCUT2D eigenvalue weighted by atomic mass is 16.5. The average molecular weight is 243 g/mol. The van der Waals surface area contributed by atoms with Gasteiger partial charge in [0.1, 0.15) is 0 Å². The Labute approximate surface area is 106 Å². The highest BCUT2D eigenvalue weighted by molar-refractivity contribution is 5.46. The molecule has 0 unspecified atom stereocenters. The van der Waals surface area contributed by atoms with Gasteiger partial charge in [0.2, 0.25) is 5.89 Å². The molecule has 1 heterocycles. The second-order valence-electron chi connectivity index (χ2n) is 5.32. The van der Waals surface area contributed by atoms with Crippen molar-refractivity contribution in [1.29, 1.82) is 0 Å². The third-order valence-corrected chi connectivity index (χ3v) is 3.58. The van der Waals surface area contributed by atoms with Crippen LogP contribution in [0.15, 0.2) is 28.8 Å². The molecule has 1 aliphatic carbocycles. The maximum Gasteiger partial charge on any atom is 0.237 e. The van der Waals surface area contributed by atoms with Gasteiger partial charge in [0.05, 0.1) is 5.41 Å². The van der Waals surface area contributed by atoms with Gasteiger partial charge in [0.15, 0.2) is 5.82 Å². The molecule has 94 valence electrons. The van der Waals surface area contributed by atoms with E-state index in [-0.39, 0.29) is 5.41 Å². The van der Waals surface area contributed by atoms with Gasteiger partial charge in [-0.15, -0.1) is 0 Å². The van der Waals surface area contributed by atoms with Crippen LogP contribution in [0.4, 0.5) is 5.69 Å². The van der Waals surface area contributed by atoms with Crippen molar-refractivity contribution in [2.24, 2.45) is 0 Å². The van der Waals surface area contributed by atoms with E-state index in [0.717, 1.165) is 30.2 Å². The van der Waals surface area contributed by atoms with Crippen LogP contribution in [0.5, 0.6) is 0 Å². The van der Waals surface area contributed by atoms with Crippen molar-refractivity contribution >= 4 is 5.69 Å². The number of nitrogens with two attached hydrogens (primary N) is 1. The maximum absolute atomic E-state index is 5.72. The number of nitrogens with zero attached hydrogens (tertiary/aromatic N) is 2. The van der Waals surface area contributed by atoms with Gasteiger partial charge in [-0.25, -0.2) is 0 Å². The van der Waals surface area contributed by atoms with Crippen LogP contribution in [0, 0.1) is 0 Å². The van der Waals surface area contributed by atoms with Crippen molar-refractivity contribution in [1.82, 2.24) is 10.1 Å². The van der Waals surface area contributed by atoms with E-state index in [4.69, 9.17) is 10.3 Å². The molecule has 0 spiro atoms. The summed E-state index contributed by atoms with van der Waals surface area (Å²) in [5, 5.41) is 4.05. The summed E-state index contributed by atoms with van der Waals surface area (Å²) in [7, 11) is 0. The van der Waals surface area contributed by atoms with E-state index in [2.05, 4.69) is 36.1 Å². The number of anilines is 1. The van der Waals surface area contributed by atoms with Gasteiger partial charge in [0.25, 0.3) is 0 Å². The zero-order chi connectivity index (χ0) is 12.8. The summed E-state index contributed by atoms with van der Waals surface area (Å²) in [5.41, 5.74) is 7.66. The summed E-state index contributed by atoms with van der Waals surface area (Å²) in [6.07, 6.45) is 2.13. The molecule has 1 fully saturated rings. The summed E-state index contributed by atoms with van der Waals surface area (Å²) < 4.78 is 5.45. The second-order valence-corrected chi connectivity index (χ2v) is 5.32. The maximum atomic E-state index is 5.72. The molecule has 0 bridgehead atoms. The summed E-state index contributed by atoms with van der Waals surface area (Å²) in [6.45, 7) is 4.13. The Balaban J connectivity index is 1.96. The summed E-state index contributed by atoms with van der Waals surface area (Å²) >= 11 is 0. The minimum atomic E-state index is -0.0617. The van der Waals surface area contributed by atoms with E-state index < -0.39 is 0 Å². The lowest BCUT2D eigenvalue weighted by molar-refractivity contribution is 0.354. The molecular weight excluding hydrogens is 226 g/mol. The van der Waals surface area contributed by atoms with Gasteiger partial charge in [-0.3, -0.25) is 0 Å². The fourth-order valence-electron chi connectivity index (χ4n) is 2.22. The number of nitrogen functional groups attached to an aromatic ring is 1. The minimum absolute atomic E-state index is 0.0617. The Morgan fingerprint density at radius 3 is 2.39 bits per heavy atom. The first-order valence-corrected chi connectivity index (χ1v) is 6.32. The molecule has 2 N–H and O–H groups in total. The molecule has 4 nitrogen and oxygen atoms in total. The standard InChI is InChI=1S/C14H17N3O/c1-9(2)12-16-13(18-17-12)14(7-8-14)10-3-5-11(15)6-4-10/h3-6,9H,7-8,15H2,1-2H3. The fourth-order valence-corrected chi connectivity index (χ4v) is 2.22. The number of rotatable bonds is 3. The van der Waals surface area contributed by atoms with Crippen molar-refractivity contribution in [3.8, 4) is 0 Å². The Bertz CT molecular complexity index is 553. The van der Waals surface area contributed by atoms with E-state index in [0.29, 0.717) is 5.92 Å². The van der Waals surface area contributed by atoms with Crippen LogP contribution in [-0.4, -0.2) is 10.1 Å². The van der Waals surface area contributed by atoms with Crippen LogP contribution in [0.1, 0.15) is 49.9 Å². The summed E-state index contributed by atoms with van der Waals surface area (Å²) in [4.78, 5) is 4.53. The van der Waals surface area contributed by atoms with Crippen LogP contribution >= 0.6 is 0 Å². The lowest BCUT2D eigenvalue weighted by Gasteiger charge is -2.10. The lowest BCUT2D eigenvalue weighted by Crippen LogP contribution is -2.09.